The van der Waals surface area contributed by atoms with Gasteiger partial charge in [-0.1, -0.05) is 62.4 Å². The number of carbonyl (C=O) groups excluding carboxylic acids is 7. The maximum absolute atomic E-state index is 14.4. The third-order valence-electron chi connectivity index (χ3n) is 10.0. The van der Waals surface area contributed by atoms with Gasteiger partial charge in [0.2, 0.25) is 41.4 Å². The minimum Gasteiger partial charge on any atom is -0.370 e. The van der Waals surface area contributed by atoms with Gasteiger partial charge in [-0.2, -0.15) is 0 Å². The van der Waals surface area contributed by atoms with Gasteiger partial charge in [0, 0.05) is 56.0 Å². The molecule has 0 fully saturated rings. The summed E-state index contributed by atoms with van der Waals surface area (Å²) in [6.45, 7) is 6.61. The van der Waals surface area contributed by atoms with Gasteiger partial charge in [0.1, 0.15) is 36.3 Å². The molecule has 0 spiro atoms. The summed E-state index contributed by atoms with van der Waals surface area (Å²) in [5, 5.41) is 27.0. The lowest BCUT2D eigenvalue weighted by Crippen LogP contribution is -2.60. The molecule has 0 unspecified atom stereocenters. The molecule has 0 saturated heterocycles. The number of hydrogen-bond acceptors (Lipinski definition) is 9. The zero-order valence-electron chi connectivity index (χ0n) is 35.9. The molecule has 2 aromatic heterocycles. The fourth-order valence-electron chi connectivity index (χ4n) is 6.86. The number of H-pyrrole nitrogens is 2. The standard InChI is InChI=1S/C43H59N13O7/c1-24(2)17-33(37(44)58)54-39(60)32(15-10-16-48-43(45)46)53-38(59)25(3)51-40(61)36(20-29-22-47-23-50-29)56-42(63)35(19-28-21-49-31-14-9-8-13-30(28)31)55-41(62)34(52-26(4)57)18-27-11-6-5-7-12-27/h5-9,11-14,21-25,32-36,49H,10,15-20H2,1-4H3,(H2,44,58)(H,47,50)(H,51,61)(H,52,57)(H,53,59)(H,54,60)(H,55,62)(H,56,63)(H4,45,46,48)/t25-,32-,33-,34-,35-,36-/m0/s1. The van der Waals surface area contributed by atoms with Crippen LogP contribution in [0.1, 0.15) is 63.8 Å². The van der Waals surface area contributed by atoms with E-state index in [0.717, 1.165) is 16.5 Å². The van der Waals surface area contributed by atoms with Crippen LogP contribution in [-0.2, 0) is 52.8 Å². The summed E-state index contributed by atoms with van der Waals surface area (Å²) >= 11 is 0. The lowest BCUT2D eigenvalue weighted by atomic mass is 10.0. The van der Waals surface area contributed by atoms with Crippen molar-refractivity contribution in [3.05, 3.63) is 90.1 Å². The molecule has 63 heavy (non-hydrogen) atoms. The molecule has 0 saturated carbocycles. The molecule has 338 valence electrons. The number of benzene rings is 2. The van der Waals surface area contributed by atoms with Crippen molar-refractivity contribution in [3.63, 3.8) is 0 Å². The number of imidazole rings is 1. The summed E-state index contributed by atoms with van der Waals surface area (Å²) in [5.74, 6) is -5.01. The molecule has 0 radical (unpaired) electrons. The van der Waals surface area contributed by atoms with Gasteiger partial charge in [-0.05, 0) is 49.3 Å². The summed E-state index contributed by atoms with van der Waals surface area (Å²) in [4.78, 5) is 104. The van der Waals surface area contributed by atoms with Gasteiger partial charge in [0.25, 0.3) is 0 Å². The van der Waals surface area contributed by atoms with Crippen molar-refractivity contribution in [2.24, 2.45) is 17.4 Å². The van der Waals surface area contributed by atoms with E-state index in [-0.39, 0.29) is 56.9 Å². The maximum atomic E-state index is 14.4. The van der Waals surface area contributed by atoms with Gasteiger partial charge < -0.3 is 58.7 Å². The molecule has 7 amide bonds. The predicted octanol–water partition coefficient (Wildman–Crippen LogP) is -0.338. The van der Waals surface area contributed by atoms with Crippen molar-refractivity contribution in [1.82, 2.24) is 52.2 Å². The molecular weight excluding hydrogens is 811 g/mol. The van der Waals surface area contributed by atoms with Gasteiger partial charge in [0.05, 0.1) is 12.0 Å². The number of aromatic amines is 2. The van der Waals surface area contributed by atoms with E-state index in [9.17, 15) is 33.6 Å². The highest BCUT2D eigenvalue weighted by atomic mass is 16.2. The fraction of sp³-hybridized carbons (Fsp3) is 0.419. The van der Waals surface area contributed by atoms with E-state index in [2.05, 4.69) is 52.2 Å². The molecule has 20 nitrogen and oxygen atoms in total. The van der Waals surface area contributed by atoms with Crippen LogP contribution < -0.4 is 48.7 Å². The van der Waals surface area contributed by atoms with Crippen molar-refractivity contribution < 1.29 is 33.6 Å². The van der Waals surface area contributed by atoms with Crippen LogP contribution in [-0.4, -0.2) is 105 Å². The summed E-state index contributed by atoms with van der Waals surface area (Å²) in [5.41, 5.74) is 13.6. The number of amides is 7. The minimum atomic E-state index is -1.32. The van der Waals surface area contributed by atoms with Crippen LogP contribution in [0, 0.1) is 11.3 Å². The first-order valence-corrected chi connectivity index (χ1v) is 20.7. The highest BCUT2D eigenvalue weighted by molar-refractivity contribution is 5.97. The molecule has 0 aliphatic rings. The number of nitrogens with one attached hydrogen (secondary N) is 10. The first-order valence-electron chi connectivity index (χ1n) is 20.7. The third kappa shape index (κ3) is 15.6. The lowest BCUT2D eigenvalue weighted by Gasteiger charge is -2.26. The normalized spacial score (nSPS) is 13.9. The number of rotatable bonds is 24. The molecule has 4 aromatic rings. The summed E-state index contributed by atoms with van der Waals surface area (Å²) in [6.07, 6.45) is 5.30. The van der Waals surface area contributed by atoms with E-state index >= 15 is 0 Å². The minimum absolute atomic E-state index is 0.00552. The second-order valence-corrected chi connectivity index (χ2v) is 15.8. The Morgan fingerprint density at radius 1 is 0.683 bits per heavy atom. The van der Waals surface area contributed by atoms with Crippen LogP contribution in [0.5, 0.6) is 0 Å². The Kier molecular flexibility index (Phi) is 18.2. The third-order valence-corrected chi connectivity index (χ3v) is 10.0. The molecule has 2 heterocycles. The van der Waals surface area contributed by atoms with Crippen LogP contribution in [0.15, 0.2) is 73.3 Å². The number of para-hydroxylation sites is 1. The van der Waals surface area contributed by atoms with Gasteiger partial charge in [-0.25, -0.2) is 4.98 Å². The lowest BCUT2D eigenvalue weighted by molar-refractivity contribution is -0.135. The van der Waals surface area contributed by atoms with Gasteiger partial charge in [-0.15, -0.1) is 0 Å². The van der Waals surface area contributed by atoms with Crippen LogP contribution in [0.4, 0.5) is 0 Å². The molecule has 0 aliphatic heterocycles. The fourth-order valence-corrected chi connectivity index (χ4v) is 6.86. The second-order valence-electron chi connectivity index (χ2n) is 15.8. The van der Waals surface area contributed by atoms with E-state index in [4.69, 9.17) is 16.9 Å². The van der Waals surface area contributed by atoms with E-state index in [1.54, 1.807) is 6.20 Å². The number of carbonyl (C=O) groups is 7. The van der Waals surface area contributed by atoms with Crippen molar-refractivity contribution in [2.75, 3.05) is 6.54 Å². The van der Waals surface area contributed by atoms with Crippen molar-refractivity contribution in [3.8, 4) is 0 Å². The average molecular weight is 870 g/mol. The molecular formula is C43H59N13O7. The molecule has 14 N–H and O–H groups in total. The van der Waals surface area contributed by atoms with Crippen LogP contribution in [0.25, 0.3) is 10.9 Å². The monoisotopic (exact) mass is 869 g/mol. The van der Waals surface area contributed by atoms with E-state index in [1.165, 1.54) is 26.4 Å². The second kappa shape index (κ2) is 23.7. The number of hydrogen-bond donors (Lipinski definition) is 12. The smallest absolute Gasteiger partial charge is 0.243 e. The van der Waals surface area contributed by atoms with Crippen LogP contribution in [0.2, 0.25) is 0 Å². The number of primary amides is 1. The quantitative estimate of drug-likeness (QED) is 0.0247. The largest absolute Gasteiger partial charge is 0.370 e. The van der Waals surface area contributed by atoms with Gasteiger partial charge in [-0.3, -0.25) is 39.0 Å². The summed E-state index contributed by atoms with van der Waals surface area (Å²) in [7, 11) is 0. The van der Waals surface area contributed by atoms with Gasteiger partial charge >= 0.3 is 0 Å². The Bertz CT molecular complexity index is 2190. The Hall–Kier alpha value is -7.25. The molecule has 0 bridgehead atoms. The number of nitrogens with two attached hydrogens (primary N) is 2. The first kappa shape index (κ1) is 48.4. The van der Waals surface area contributed by atoms with Crippen molar-refractivity contribution in [1.29, 1.82) is 5.41 Å². The van der Waals surface area contributed by atoms with Crippen molar-refractivity contribution >= 4 is 58.2 Å². The maximum Gasteiger partial charge on any atom is 0.243 e. The molecule has 6 atom stereocenters. The first-order chi connectivity index (χ1) is 30.0. The topological polar surface area (TPSA) is 324 Å². The van der Waals surface area contributed by atoms with E-state index in [1.807, 2.05) is 68.4 Å². The summed E-state index contributed by atoms with van der Waals surface area (Å²) in [6, 6.07) is 9.46. The molecule has 2 aromatic carbocycles. The Morgan fingerprint density at radius 2 is 1.27 bits per heavy atom. The Labute approximate surface area is 365 Å². The Balaban J connectivity index is 1.56. The number of aromatic nitrogens is 3. The van der Waals surface area contributed by atoms with Crippen LogP contribution in [0.3, 0.4) is 0 Å². The van der Waals surface area contributed by atoms with E-state index < -0.39 is 77.6 Å². The molecule has 20 heteroatoms. The SMILES string of the molecule is CC(=O)N[C@@H](Cc1ccccc1)C(=O)N[C@@H](Cc1c[nH]c2ccccc12)C(=O)N[C@@H](Cc1c[nH]cn1)C(=O)N[C@@H](C)C(=O)N[C@@H](CCCNC(=N)N)C(=O)N[C@@H](CC(C)C)C(N)=O. The molecule has 4 rings (SSSR count). The predicted molar refractivity (Wildman–Crippen MR) is 235 cm³/mol. The Morgan fingerprint density at radius 3 is 1.89 bits per heavy atom. The zero-order chi connectivity index (χ0) is 46.1. The highest BCUT2D eigenvalue weighted by Gasteiger charge is 2.33. The highest BCUT2D eigenvalue weighted by Crippen LogP contribution is 2.20. The van der Waals surface area contributed by atoms with Crippen molar-refractivity contribution in [2.45, 2.75) is 102 Å². The summed E-state index contributed by atoms with van der Waals surface area (Å²) < 4.78 is 0. The van der Waals surface area contributed by atoms with E-state index in [0.29, 0.717) is 11.3 Å². The molecule has 0 aliphatic carbocycles. The van der Waals surface area contributed by atoms with Gasteiger partial charge in [0.15, 0.2) is 5.96 Å². The zero-order valence-corrected chi connectivity index (χ0v) is 35.9. The number of nitrogens with zero attached hydrogens (tertiary/aromatic N) is 1. The number of guanidine groups is 1. The number of fused-ring (bicyclic) bond motifs is 1. The van der Waals surface area contributed by atoms with Crippen LogP contribution >= 0.6 is 0 Å². The average Bonchev–Trinajstić information content (AvgIpc) is 3.90.